The summed E-state index contributed by atoms with van der Waals surface area (Å²) in [5, 5.41) is 11.9. The molecule has 20 heavy (non-hydrogen) atoms. The molecule has 1 unspecified atom stereocenters. The molecule has 2 rings (SSSR count). The minimum absolute atomic E-state index is 0.0402. The Labute approximate surface area is 116 Å². The maximum Gasteiger partial charge on any atom is 0.253 e. The summed E-state index contributed by atoms with van der Waals surface area (Å²) in [6.45, 7) is -0.0402. The third-order valence-corrected chi connectivity index (χ3v) is 2.91. The number of rotatable bonds is 5. The van der Waals surface area contributed by atoms with Crippen LogP contribution in [-0.4, -0.2) is 22.6 Å². The van der Waals surface area contributed by atoms with Gasteiger partial charge >= 0.3 is 0 Å². The molecule has 2 N–H and O–H groups in total. The van der Waals surface area contributed by atoms with Gasteiger partial charge in [0, 0.05) is 12.8 Å². The van der Waals surface area contributed by atoms with E-state index in [4.69, 9.17) is 5.11 Å². The van der Waals surface area contributed by atoms with Crippen molar-refractivity contribution in [2.24, 2.45) is 0 Å². The van der Waals surface area contributed by atoms with Crippen LogP contribution in [0.3, 0.4) is 0 Å². The fourth-order valence-electron chi connectivity index (χ4n) is 1.89. The maximum absolute atomic E-state index is 12.7. The Morgan fingerprint density at radius 1 is 1.25 bits per heavy atom. The minimum atomic E-state index is -0.628. The van der Waals surface area contributed by atoms with Gasteiger partial charge in [-0.25, -0.2) is 4.98 Å². The van der Waals surface area contributed by atoms with Gasteiger partial charge in [-0.2, -0.15) is 4.39 Å². The number of nitrogens with zero attached hydrogens (tertiary/aromatic N) is 1. The van der Waals surface area contributed by atoms with Crippen LogP contribution in [-0.2, 0) is 0 Å². The van der Waals surface area contributed by atoms with Gasteiger partial charge in [-0.15, -0.1) is 0 Å². The first-order valence-corrected chi connectivity index (χ1v) is 6.29. The summed E-state index contributed by atoms with van der Waals surface area (Å²) in [5.74, 6) is -0.976. The second-order valence-corrected chi connectivity index (χ2v) is 4.32. The maximum atomic E-state index is 12.7. The Hall–Kier alpha value is -2.27. The molecule has 1 heterocycles. The Bertz CT molecular complexity index is 558. The lowest BCUT2D eigenvalue weighted by Gasteiger charge is -2.18. The van der Waals surface area contributed by atoms with Gasteiger partial charge in [-0.1, -0.05) is 30.3 Å². The zero-order valence-corrected chi connectivity index (χ0v) is 10.8. The van der Waals surface area contributed by atoms with Gasteiger partial charge in [-0.3, -0.25) is 4.79 Å². The highest BCUT2D eigenvalue weighted by Crippen LogP contribution is 2.16. The SMILES string of the molecule is O=C(NC(CCO)c1ccccc1)c1ccc(F)nc1. The number of halogens is 1. The van der Waals surface area contributed by atoms with E-state index in [1.807, 2.05) is 30.3 Å². The van der Waals surface area contributed by atoms with Crippen LogP contribution < -0.4 is 5.32 Å². The number of aromatic nitrogens is 1. The zero-order valence-electron chi connectivity index (χ0n) is 10.8. The molecule has 1 aromatic heterocycles. The van der Waals surface area contributed by atoms with Crippen molar-refractivity contribution < 1.29 is 14.3 Å². The molecular weight excluding hydrogens is 259 g/mol. The first kappa shape index (κ1) is 14.1. The highest BCUT2D eigenvalue weighted by atomic mass is 19.1. The first-order chi connectivity index (χ1) is 9.70. The van der Waals surface area contributed by atoms with Crippen LogP contribution in [0.15, 0.2) is 48.7 Å². The van der Waals surface area contributed by atoms with E-state index in [2.05, 4.69) is 10.3 Å². The summed E-state index contributed by atoms with van der Waals surface area (Å²) in [4.78, 5) is 15.5. The van der Waals surface area contributed by atoms with Crippen LogP contribution in [0.2, 0.25) is 0 Å². The van der Waals surface area contributed by atoms with Crippen molar-refractivity contribution in [2.75, 3.05) is 6.61 Å². The van der Waals surface area contributed by atoms with E-state index in [1.165, 1.54) is 12.3 Å². The molecular formula is C15H15FN2O2. The molecule has 0 saturated carbocycles. The molecule has 0 radical (unpaired) electrons. The van der Waals surface area contributed by atoms with E-state index in [1.54, 1.807) is 0 Å². The highest BCUT2D eigenvalue weighted by molar-refractivity contribution is 5.94. The average Bonchev–Trinajstić information content (AvgIpc) is 2.48. The lowest BCUT2D eigenvalue weighted by molar-refractivity contribution is 0.0929. The normalized spacial score (nSPS) is 11.9. The van der Waals surface area contributed by atoms with Crippen molar-refractivity contribution in [3.05, 3.63) is 65.7 Å². The van der Waals surface area contributed by atoms with Gasteiger partial charge in [0.15, 0.2) is 0 Å². The molecule has 0 saturated heterocycles. The van der Waals surface area contributed by atoms with E-state index in [0.717, 1.165) is 11.6 Å². The molecule has 0 bridgehead atoms. The first-order valence-electron chi connectivity index (χ1n) is 6.29. The van der Waals surface area contributed by atoms with Crippen LogP contribution in [0.4, 0.5) is 4.39 Å². The van der Waals surface area contributed by atoms with E-state index in [0.29, 0.717) is 6.42 Å². The number of aliphatic hydroxyl groups is 1. The molecule has 0 spiro atoms. The molecule has 0 aliphatic heterocycles. The van der Waals surface area contributed by atoms with Crippen LogP contribution in [0.5, 0.6) is 0 Å². The van der Waals surface area contributed by atoms with Crippen LogP contribution in [0.1, 0.15) is 28.4 Å². The Morgan fingerprint density at radius 3 is 2.60 bits per heavy atom. The quantitative estimate of drug-likeness (QED) is 0.820. The lowest BCUT2D eigenvalue weighted by atomic mass is 10.0. The molecule has 0 aliphatic rings. The minimum Gasteiger partial charge on any atom is -0.396 e. The van der Waals surface area contributed by atoms with Gasteiger partial charge in [0.25, 0.3) is 5.91 Å². The predicted molar refractivity (Wildman–Crippen MR) is 72.5 cm³/mol. The summed E-state index contributed by atoms with van der Waals surface area (Å²) < 4.78 is 12.7. The molecule has 1 aromatic carbocycles. The van der Waals surface area contributed by atoms with Gasteiger partial charge in [0.05, 0.1) is 11.6 Å². The fraction of sp³-hybridized carbons (Fsp3) is 0.200. The third-order valence-electron chi connectivity index (χ3n) is 2.91. The van der Waals surface area contributed by atoms with Gasteiger partial charge in [0.1, 0.15) is 0 Å². The number of benzene rings is 1. The summed E-state index contributed by atoms with van der Waals surface area (Å²) in [5.41, 5.74) is 1.19. The number of hydrogen-bond acceptors (Lipinski definition) is 3. The summed E-state index contributed by atoms with van der Waals surface area (Å²) >= 11 is 0. The second kappa shape index (κ2) is 6.77. The number of hydrogen-bond donors (Lipinski definition) is 2. The fourth-order valence-corrected chi connectivity index (χ4v) is 1.89. The number of amides is 1. The molecule has 1 atom stereocenters. The number of nitrogens with one attached hydrogen (secondary N) is 1. The molecule has 2 aromatic rings. The van der Waals surface area contributed by atoms with Crippen molar-refractivity contribution in [1.29, 1.82) is 0 Å². The average molecular weight is 274 g/mol. The van der Waals surface area contributed by atoms with Crippen molar-refractivity contribution in [2.45, 2.75) is 12.5 Å². The van der Waals surface area contributed by atoms with Gasteiger partial charge in [0.2, 0.25) is 5.95 Å². The summed E-state index contributed by atoms with van der Waals surface area (Å²) in [7, 11) is 0. The molecule has 4 nitrogen and oxygen atoms in total. The molecule has 5 heteroatoms. The van der Waals surface area contributed by atoms with Gasteiger partial charge in [-0.05, 0) is 24.1 Å². The number of carbonyl (C=O) groups is 1. The highest BCUT2D eigenvalue weighted by Gasteiger charge is 2.15. The Kier molecular flexibility index (Phi) is 4.79. The smallest absolute Gasteiger partial charge is 0.253 e. The number of aliphatic hydroxyl groups excluding tert-OH is 1. The van der Waals surface area contributed by atoms with E-state index in [9.17, 15) is 9.18 Å². The van der Waals surface area contributed by atoms with Crippen molar-refractivity contribution in [3.8, 4) is 0 Å². The van der Waals surface area contributed by atoms with Crippen LogP contribution in [0, 0.1) is 5.95 Å². The van der Waals surface area contributed by atoms with Crippen LogP contribution >= 0.6 is 0 Å². The van der Waals surface area contributed by atoms with Crippen molar-refractivity contribution in [3.63, 3.8) is 0 Å². The Balaban J connectivity index is 2.12. The summed E-state index contributed by atoms with van der Waals surface area (Å²) in [6, 6.07) is 11.6. The van der Waals surface area contributed by atoms with Gasteiger partial charge < -0.3 is 10.4 Å². The standard InChI is InChI=1S/C15H15FN2O2/c16-14-7-6-12(10-17-14)15(20)18-13(8-9-19)11-4-2-1-3-5-11/h1-7,10,13,19H,8-9H2,(H,18,20). The monoisotopic (exact) mass is 274 g/mol. The van der Waals surface area contributed by atoms with E-state index < -0.39 is 5.95 Å². The summed E-state index contributed by atoms with van der Waals surface area (Å²) in [6.07, 6.45) is 1.59. The number of carbonyl (C=O) groups excluding carboxylic acids is 1. The molecule has 0 fully saturated rings. The van der Waals surface area contributed by atoms with E-state index in [-0.39, 0.29) is 24.1 Å². The largest absolute Gasteiger partial charge is 0.396 e. The molecule has 104 valence electrons. The van der Waals surface area contributed by atoms with Crippen molar-refractivity contribution >= 4 is 5.91 Å². The predicted octanol–water partition coefficient (Wildman–Crippen LogP) is 2.07. The van der Waals surface area contributed by atoms with Crippen LogP contribution in [0.25, 0.3) is 0 Å². The third kappa shape index (κ3) is 3.61. The molecule has 0 aliphatic carbocycles. The topological polar surface area (TPSA) is 62.2 Å². The number of pyridine rings is 1. The second-order valence-electron chi connectivity index (χ2n) is 4.32. The van der Waals surface area contributed by atoms with E-state index >= 15 is 0 Å². The lowest BCUT2D eigenvalue weighted by Crippen LogP contribution is -2.29. The molecule has 1 amide bonds. The van der Waals surface area contributed by atoms with Crippen molar-refractivity contribution in [1.82, 2.24) is 10.3 Å². The Morgan fingerprint density at radius 2 is 2.00 bits per heavy atom. The zero-order chi connectivity index (χ0) is 14.4.